The molecule has 0 saturated carbocycles. The highest BCUT2D eigenvalue weighted by atomic mass is 16.5. The van der Waals surface area contributed by atoms with Gasteiger partial charge < -0.3 is 10.1 Å². The third kappa shape index (κ3) is 4.60. The number of hydrogen-bond acceptors (Lipinski definition) is 3. The Hall–Kier alpha value is -1.36. The van der Waals surface area contributed by atoms with E-state index in [0.29, 0.717) is 13.2 Å². The smallest absolute Gasteiger partial charge is 0.246 e. The minimum atomic E-state index is -0.103. The molecule has 0 atom stereocenters. The molecular formula is C10H17N3O2. The molecule has 0 aliphatic carbocycles. The van der Waals surface area contributed by atoms with Crippen molar-refractivity contribution in [3.05, 3.63) is 18.0 Å². The van der Waals surface area contributed by atoms with Gasteiger partial charge in [0.05, 0.1) is 12.2 Å². The normalized spacial score (nSPS) is 10.3. The first-order valence-corrected chi connectivity index (χ1v) is 5.05. The SMILES string of the molecule is CCCOCC(=O)NCc1ccn(C)n1. The van der Waals surface area contributed by atoms with Crippen molar-refractivity contribution in [2.75, 3.05) is 13.2 Å². The summed E-state index contributed by atoms with van der Waals surface area (Å²) in [5.74, 6) is -0.103. The van der Waals surface area contributed by atoms with Crippen LogP contribution in [-0.2, 0) is 23.1 Å². The Morgan fingerprint density at radius 3 is 3.07 bits per heavy atom. The van der Waals surface area contributed by atoms with Crippen LogP contribution in [0, 0.1) is 0 Å². The molecule has 0 saturated heterocycles. The van der Waals surface area contributed by atoms with E-state index in [2.05, 4.69) is 10.4 Å². The topological polar surface area (TPSA) is 56.1 Å². The molecule has 0 aliphatic rings. The summed E-state index contributed by atoms with van der Waals surface area (Å²) in [6.07, 6.45) is 2.77. The lowest BCUT2D eigenvalue weighted by molar-refractivity contribution is -0.125. The Labute approximate surface area is 89.4 Å². The number of aryl methyl sites for hydroxylation is 1. The summed E-state index contributed by atoms with van der Waals surface area (Å²) >= 11 is 0. The van der Waals surface area contributed by atoms with Crippen LogP contribution >= 0.6 is 0 Å². The molecule has 0 fully saturated rings. The number of hydrogen-bond donors (Lipinski definition) is 1. The van der Waals surface area contributed by atoms with Gasteiger partial charge in [-0.25, -0.2) is 0 Å². The third-order valence-electron chi connectivity index (χ3n) is 1.82. The zero-order chi connectivity index (χ0) is 11.1. The van der Waals surface area contributed by atoms with E-state index in [4.69, 9.17) is 4.74 Å². The molecule has 0 aromatic carbocycles. The van der Waals surface area contributed by atoms with Gasteiger partial charge in [0.1, 0.15) is 6.61 Å². The number of rotatable bonds is 6. The molecule has 1 aromatic heterocycles. The van der Waals surface area contributed by atoms with Crippen LogP contribution in [0.15, 0.2) is 12.3 Å². The van der Waals surface area contributed by atoms with Gasteiger partial charge in [0.2, 0.25) is 5.91 Å². The fourth-order valence-electron chi connectivity index (χ4n) is 1.11. The molecule has 5 nitrogen and oxygen atoms in total. The van der Waals surface area contributed by atoms with Crippen LogP contribution in [0.25, 0.3) is 0 Å². The summed E-state index contributed by atoms with van der Waals surface area (Å²) in [7, 11) is 1.84. The molecule has 0 spiro atoms. The van der Waals surface area contributed by atoms with Gasteiger partial charge in [0, 0.05) is 19.9 Å². The van der Waals surface area contributed by atoms with E-state index in [1.165, 1.54) is 0 Å². The predicted molar refractivity (Wildman–Crippen MR) is 56.2 cm³/mol. The second-order valence-electron chi connectivity index (χ2n) is 3.31. The number of nitrogens with zero attached hydrogens (tertiary/aromatic N) is 2. The van der Waals surface area contributed by atoms with E-state index in [9.17, 15) is 4.79 Å². The third-order valence-corrected chi connectivity index (χ3v) is 1.82. The van der Waals surface area contributed by atoms with Gasteiger partial charge in [-0.3, -0.25) is 9.48 Å². The van der Waals surface area contributed by atoms with E-state index in [1.807, 2.05) is 26.2 Å². The van der Waals surface area contributed by atoms with Crippen LogP contribution in [0.4, 0.5) is 0 Å². The van der Waals surface area contributed by atoms with Gasteiger partial charge in [-0.2, -0.15) is 5.10 Å². The van der Waals surface area contributed by atoms with Gasteiger partial charge in [-0.05, 0) is 12.5 Å². The van der Waals surface area contributed by atoms with E-state index >= 15 is 0 Å². The maximum Gasteiger partial charge on any atom is 0.246 e. The summed E-state index contributed by atoms with van der Waals surface area (Å²) in [6.45, 7) is 3.21. The molecule has 1 amide bonds. The Kier molecular flexibility index (Phi) is 4.83. The molecule has 1 rings (SSSR count). The standard InChI is InChI=1S/C10H17N3O2/c1-3-6-15-8-10(14)11-7-9-4-5-13(2)12-9/h4-5H,3,6-8H2,1-2H3,(H,11,14). The summed E-state index contributed by atoms with van der Waals surface area (Å²) in [5.41, 5.74) is 0.848. The van der Waals surface area contributed by atoms with Crippen molar-refractivity contribution < 1.29 is 9.53 Å². The highest BCUT2D eigenvalue weighted by Gasteiger charge is 2.02. The maximum atomic E-state index is 11.2. The second kappa shape index (κ2) is 6.19. The molecule has 0 unspecified atom stereocenters. The van der Waals surface area contributed by atoms with Gasteiger partial charge in [-0.1, -0.05) is 6.92 Å². The van der Waals surface area contributed by atoms with Crippen molar-refractivity contribution >= 4 is 5.91 Å². The van der Waals surface area contributed by atoms with Crippen LogP contribution in [0.2, 0.25) is 0 Å². The van der Waals surface area contributed by atoms with Crippen LogP contribution in [0.1, 0.15) is 19.0 Å². The van der Waals surface area contributed by atoms with Gasteiger partial charge >= 0.3 is 0 Å². The van der Waals surface area contributed by atoms with E-state index in [0.717, 1.165) is 12.1 Å². The van der Waals surface area contributed by atoms with E-state index < -0.39 is 0 Å². The van der Waals surface area contributed by atoms with Gasteiger partial charge in [0.15, 0.2) is 0 Å². The minimum Gasteiger partial charge on any atom is -0.372 e. The lowest BCUT2D eigenvalue weighted by atomic mass is 10.4. The van der Waals surface area contributed by atoms with E-state index in [1.54, 1.807) is 4.68 Å². The molecule has 15 heavy (non-hydrogen) atoms. The molecular weight excluding hydrogens is 194 g/mol. The highest BCUT2D eigenvalue weighted by molar-refractivity contribution is 5.77. The summed E-state index contributed by atoms with van der Waals surface area (Å²) < 4.78 is 6.80. The van der Waals surface area contributed by atoms with Gasteiger partial charge in [0.25, 0.3) is 0 Å². The van der Waals surface area contributed by atoms with Crippen LogP contribution in [0.3, 0.4) is 0 Å². The lowest BCUT2D eigenvalue weighted by Gasteiger charge is -2.03. The van der Waals surface area contributed by atoms with Gasteiger partial charge in [-0.15, -0.1) is 0 Å². The number of carbonyl (C=O) groups is 1. The van der Waals surface area contributed by atoms with Crippen molar-refractivity contribution in [2.24, 2.45) is 7.05 Å². The molecule has 1 heterocycles. The molecule has 5 heteroatoms. The van der Waals surface area contributed by atoms with Crippen LogP contribution in [0.5, 0.6) is 0 Å². The molecule has 1 N–H and O–H groups in total. The fraction of sp³-hybridized carbons (Fsp3) is 0.600. The number of aromatic nitrogens is 2. The molecule has 1 aromatic rings. The Morgan fingerprint density at radius 1 is 1.67 bits per heavy atom. The van der Waals surface area contributed by atoms with Crippen molar-refractivity contribution in [3.8, 4) is 0 Å². The van der Waals surface area contributed by atoms with Crippen molar-refractivity contribution in [2.45, 2.75) is 19.9 Å². The monoisotopic (exact) mass is 211 g/mol. The highest BCUT2D eigenvalue weighted by Crippen LogP contribution is 1.92. The summed E-state index contributed by atoms with van der Waals surface area (Å²) in [6, 6.07) is 1.87. The first kappa shape index (κ1) is 11.7. The fourth-order valence-corrected chi connectivity index (χ4v) is 1.11. The molecule has 0 aliphatic heterocycles. The van der Waals surface area contributed by atoms with Crippen LogP contribution < -0.4 is 5.32 Å². The molecule has 0 radical (unpaired) electrons. The zero-order valence-corrected chi connectivity index (χ0v) is 9.19. The summed E-state index contributed by atoms with van der Waals surface area (Å²) in [5, 5.41) is 6.87. The Balaban J connectivity index is 2.16. The van der Waals surface area contributed by atoms with Crippen molar-refractivity contribution in [1.82, 2.24) is 15.1 Å². The summed E-state index contributed by atoms with van der Waals surface area (Å²) in [4.78, 5) is 11.2. The number of nitrogens with one attached hydrogen (secondary N) is 1. The van der Waals surface area contributed by atoms with Crippen molar-refractivity contribution in [1.29, 1.82) is 0 Å². The maximum absolute atomic E-state index is 11.2. The Bertz CT molecular complexity index is 309. The zero-order valence-electron chi connectivity index (χ0n) is 9.19. The molecule has 0 bridgehead atoms. The number of ether oxygens (including phenoxy) is 1. The predicted octanol–water partition coefficient (Wildman–Crippen LogP) is 0.463. The average molecular weight is 211 g/mol. The van der Waals surface area contributed by atoms with Crippen molar-refractivity contribution in [3.63, 3.8) is 0 Å². The lowest BCUT2D eigenvalue weighted by Crippen LogP contribution is -2.27. The number of carbonyl (C=O) groups excluding carboxylic acids is 1. The second-order valence-corrected chi connectivity index (χ2v) is 3.31. The first-order valence-electron chi connectivity index (χ1n) is 5.05. The first-order chi connectivity index (χ1) is 7.22. The van der Waals surface area contributed by atoms with Crippen LogP contribution in [-0.4, -0.2) is 28.9 Å². The quantitative estimate of drug-likeness (QED) is 0.696. The number of amides is 1. The largest absolute Gasteiger partial charge is 0.372 e. The minimum absolute atomic E-state index is 0.103. The van der Waals surface area contributed by atoms with E-state index in [-0.39, 0.29) is 12.5 Å². The Morgan fingerprint density at radius 2 is 2.47 bits per heavy atom. The molecule has 84 valence electrons. The average Bonchev–Trinajstić information content (AvgIpc) is 2.62.